The number of pyridine rings is 1. The summed E-state index contributed by atoms with van der Waals surface area (Å²) in [5, 5.41) is 8.33. The van der Waals surface area contributed by atoms with Crippen LogP contribution in [0.5, 0.6) is 0 Å². The van der Waals surface area contributed by atoms with E-state index < -0.39 is 0 Å². The molecule has 0 aliphatic carbocycles. The molecule has 246 valence electrons. The van der Waals surface area contributed by atoms with Crippen LogP contribution in [0.15, 0.2) is 146 Å². The predicted molar refractivity (Wildman–Crippen MR) is 208 cm³/mol. The van der Waals surface area contributed by atoms with Gasteiger partial charge in [0.1, 0.15) is 0 Å². The molecule has 50 heavy (non-hydrogen) atoms. The number of fused-ring (bicyclic) bond motifs is 12. The third kappa shape index (κ3) is 6.96. The van der Waals surface area contributed by atoms with Gasteiger partial charge >= 0.3 is 20.1 Å². The monoisotopic (exact) mass is 825 g/mol. The van der Waals surface area contributed by atoms with Crippen molar-refractivity contribution in [2.45, 2.75) is 27.2 Å². The van der Waals surface area contributed by atoms with Gasteiger partial charge in [-0.25, -0.2) is 0 Å². The number of hydrogen-bond donors (Lipinski definition) is 0. The summed E-state index contributed by atoms with van der Waals surface area (Å²) >= 11 is 0. The Morgan fingerprint density at radius 1 is 0.640 bits per heavy atom. The summed E-state index contributed by atoms with van der Waals surface area (Å²) in [6, 6.07) is 55.5. The van der Waals surface area contributed by atoms with E-state index in [1.165, 1.54) is 37.9 Å². The van der Waals surface area contributed by atoms with E-state index in [1.807, 2.05) is 42.6 Å². The second-order valence-corrected chi connectivity index (χ2v) is 13.6. The SMILES string of the molecule is CC(C)(C)Cc1ccc(-c2[c-]cccc2)nc1.[CH3-].[Ir+3].[c-]1ccc2cc1c1nc3ccccc3n1c1cccc(c1)c1ccc3cccc2c3c1. The second-order valence-electron chi connectivity index (χ2n) is 13.6. The molecule has 0 saturated carbocycles. The van der Waals surface area contributed by atoms with Crippen molar-refractivity contribution in [3.63, 3.8) is 0 Å². The molecule has 4 heteroatoms. The molecule has 6 aromatic carbocycles. The Morgan fingerprint density at radius 3 is 2.22 bits per heavy atom. The summed E-state index contributed by atoms with van der Waals surface area (Å²) < 4.78 is 2.25. The summed E-state index contributed by atoms with van der Waals surface area (Å²) in [6.45, 7) is 6.73. The van der Waals surface area contributed by atoms with Gasteiger partial charge < -0.3 is 16.8 Å². The molecule has 0 fully saturated rings. The molecular formula is C46H38IrN3. The molecule has 9 rings (SSSR count). The fourth-order valence-corrected chi connectivity index (χ4v) is 6.61. The Kier molecular flexibility index (Phi) is 9.97. The minimum Gasteiger partial charge on any atom is -0.358 e. The Morgan fingerprint density at radius 2 is 1.42 bits per heavy atom. The fourth-order valence-electron chi connectivity index (χ4n) is 6.61. The van der Waals surface area contributed by atoms with E-state index in [0.29, 0.717) is 5.41 Å². The van der Waals surface area contributed by atoms with E-state index in [2.05, 4.69) is 145 Å². The largest absolute Gasteiger partial charge is 3.00 e. The van der Waals surface area contributed by atoms with Crippen LogP contribution in [0.3, 0.4) is 0 Å². The van der Waals surface area contributed by atoms with Gasteiger partial charge in [-0.15, -0.1) is 70.9 Å². The van der Waals surface area contributed by atoms with Gasteiger partial charge in [-0.2, -0.15) is 0 Å². The molecule has 0 radical (unpaired) electrons. The normalized spacial score (nSPS) is 11.3. The van der Waals surface area contributed by atoms with Crippen molar-refractivity contribution in [1.82, 2.24) is 14.4 Å². The first-order chi connectivity index (χ1) is 23.4. The molecule has 9 aromatic rings. The fraction of sp³-hybridized carbons (Fsp3) is 0.109. The van der Waals surface area contributed by atoms with Crippen molar-refractivity contribution in [2.24, 2.45) is 5.41 Å². The number of para-hydroxylation sites is 2. The average molecular weight is 825 g/mol. The van der Waals surface area contributed by atoms with E-state index in [9.17, 15) is 0 Å². The number of hydrogen-bond acceptors (Lipinski definition) is 2. The molecule has 0 aliphatic heterocycles. The minimum absolute atomic E-state index is 0. The van der Waals surface area contributed by atoms with Crippen molar-refractivity contribution in [1.29, 1.82) is 0 Å². The van der Waals surface area contributed by atoms with Crippen LogP contribution in [-0.4, -0.2) is 14.4 Å². The smallest absolute Gasteiger partial charge is 0.358 e. The van der Waals surface area contributed by atoms with Gasteiger partial charge in [-0.1, -0.05) is 87.5 Å². The summed E-state index contributed by atoms with van der Waals surface area (Å²) in [5.74, 6) is 0. The molecule has 0 saturated heterocycles. The van der Waals surface area contributed by atoms with Gasteiger partial charge in [0.15, 0.2) is 0 Å². The molecule has 6 bridgehead atoms. The van der Waals surface area contributed by atoms with E-state index in [1.54, 1.807) is 0 Å². The van der Waals surface area contributed by atoms with Crippen molar-refractivity contribution < 1.29 is 20.1 Å². The van der Waals surface area contributed by atoms with Crippen LogP contribution in [0.4, 0.5) is 0 Å². The Balaban J connectivity index is 0.000000196. The molecule has 0 amide bonds. The molecule has 0 N–H and O–H groups in total. The van der Waals surface area contributed by atoms with Gasteiger partial charge in [0.25, 0.3) is 0 Å². The Hall–Kier alpha value is -5.15. The summed E-state index contributed by atoms with van der Waals surface area (Å²) in [4.78, 5) is 9.52. The first kappa shape index (κ1) is 34.7. The molecule has 0 unspecified atom stereocenters. The maximum atomic E-state index is 5.02. The summed E-state index contributed by atoms with van der Waals surface area (Å²) in [6.07, 6.45) is 3.03. The number of nitrogens with zero attached hydrogens (tertiary/aromatic N) is 3. The molecule has 0 spiro atoms. The maximum absolute atomic E-state index is 5.02. The van der Waals surface area contributed by atoms with E-state index in [4.69, 9.17) is 4.98 Å². The standard InChI is InChI=1S/C29H17N2.C16H18N.CH3.Ir/c1-2-13-28-27(12-1)30-29-23-9-3-8-22(16-23)25-11-5-6-19-14-15-21(18-26(19)25)20-7-4-10-24(17-20)31(28)29;1-16(2,3)11-13-9-10-15(17-12-13)14-7-5-4-6-8-14;;/h1-8,10-18H;4-7,9-10,12H,11H2,1-3H3;1H3;/q3*-1;+3. The van der Waals surface area contributed by atoms with Crippen molar-refractivity contribution >= 4 is 59.9 Å². The molecule has 3 aromatic heterocycles. The van der Waals surface area contributed by atoms with E-state index in [-0.39, 0.29) is 27.5 Å². The third-order valence-electron chi connectivity index (χ3n) is 8.78. The van der Waals surface area contributed by atoms with Crippen molar-refractivity contribution in [2.75, 3.05) is 0 Å². The molecule has 3 nitrogen and oxygen atoms in total. The van der Waals surface area contributed by atoms with E-state index in [0.717, 1.165) is 45.3 Å². The molecule has 0 aliphatic rings. The van der Waals surface area contributed by atoms with Gasteiger partial charge in [0.2, 0.25) is 0 Å². The molecule has 0 atom stereocenters. The van der Waals surface area contributed by atoms with Crippen LogP contribution in [-0.2, 0) is 26.5 Å². The van der Waals surface area contributed by atoms with E-state index >= 15 is 0 Å². The van der Waals surface area contributed by atoms with Crippen LogP contribution < -0.4 is 0 Å². The number of aromatic nitrogens is 3. The van der Waals surface area contributed by atoms with Gasteiger partial charge in [-0.3, -0.25) is 4.98 Å². The summed E-state index contributed by atoms with van der Waals surface area (Å²) in [7, 11) is 0. The second kappa shape index (κ2) is 14.4. The Bertz CT molecular complexity index is 2620. The van der Waals surface area contributed by atoms with Crippen molar-refractivity contribution in [3.8, 4) is 11.3 Å². The number of benzene rings is 6. The van der Waals surface area contributed by atoms with Gasteiger partial charge in [0.05, 0.1) is 16.7 Å². The zero-order chi connectivity index (χ0) is 32.7. The van der Waals surface area contributed by atoms with Crippen LogP contribution in [0, 0.1) is 25.0 Å². The molecular weight excluding hydrogens is 787 g/mol. The van der Waals surface area contributed by atoms with Gasteiger partial charge in [-0.05, 0) is 80.4 Å². The van der Waals surface area contributed by atoms with Crippen LogP contribution in [0.25, 0.3) is 71.2 Å². The van der Waals surface area contributed by atoms with Crippen LogP contribution in [0.2, 0.25) is 0 Å². The quantitative estimate of drug-likeness (QED) is 0.163. The first-order valence-electron chi connectivity index (χ1n) is 16.5. The zero-order valence-corrected chi connectivity index (χ0v) is 31.1. The zero-order valence-electron chi connectivity index (χ0n) is 28.7. The minimum atomic E-state index is 0. The van der Waals surface area contributed by atoms with Gasteiger partial charge in [0, 0.05) is 11.7 Å². The summed E-state index contributed by atoms with van der Waals surface area (Å²) in [5.41, 5.74) is 7.74. The van der Waals surface area contributed by atoms with Crippen LogP contribution in [0.1, 0.15) is 26.3 Å². The third-order valence-corrected chi connectivity index (χ3v) is 8.78. The van der Waals surface area contributed by atoms with Crippen LogP contribution >= 0.6 is 0 Å². The number of rotatable bonds is 2. The topological polar surface area (TPSA) is 30.2 Å². The molecule has 3 heterocycles. The maximum Gasteiger partial charge on any atom is 3.00 e. The Labute approximate surface area is 307 Å². The predicted octanol–water partition coefficient (Wildman–Crippen LogP) is 12.0. The number of imidazole rings is 1. The van der Waals surface area contributed by atoms with Crippen molar-refractivity contribution in [3.05, 3.63) is 171 Å². The first-order valence-corrected chi connectivity index (χ1v) is 16.5. The average Bonchev–Trinajstić information content (AvgIpc) is 3.51.